The Morgan fingerprint density at radius 3 is 2.67 bits per heavy atom. The summed E-state index contributed by atoms with van der Waals surface area (Å²) < 4.78 is 26.7. The van der Waals surface area contributed by atoms with Gasteiger partial charge in [0, 0.05) is 26.2 Å². The summed E-state index contributed by atoms with van der Waals surface area (Å²) >= 11 is 0. The van der Waals surface area contributed by atoms with Crippen LogP contribution in [0.4, 0.5) is 0 Å². The lowest BCUT2D eigenvalue weighted by molar-refractivity contribution is -0.137. The summed E-state index contributed by atoms with van der Waals surface area (Å²) in [6.07, 6.45) is 2.08. The SMILES string of the molecule is CN(CCC(=O)O)S(=O)(=O)N1CCCCC1CO. The molecule has 2 N–H and O–H groups in total. The van der Waals surface area contributed by atoms with Crippen molar-refractivity contribution in [1.29, 1.82) is 0 Å². The highest BCUT2D eigenvalue weighted by Crippen LogP contribution is 2.21. The van der Waals surface area contributed by atoms with Crippen LogP contribution in [-0.4, -0.2) is 66.0 Å². The lowest BCUT2D eigenvalue weighted by atomic mass is 10.1. The van der Waals surface area contributed by atoms with Gasteiger partial charge in [0.25, 0.3) is 10.2 Å². The van der Waals surface area contributed by atoms with E-state index in [1.807, 2.05) is 0 Å². The number of piperidine rings is 1. The highest BCUT2D eigenvalue weighted by Gasteiger charge is 2.34. The third kappa shape index (κ3) is 3.64. The van der Waals surface area contributed by atoms with Gasteiger partial charge in [0.05, 0.1) is 13.0 Å². The fraction of sp³-hybridized carbons (Fsp3) is 0.900. The van der Waals surface area contributed by atoms with Crippen LogP contribution in [0.5, 0.6) is 0 Å². The molecule has 106 valence electrons. The van der Waals surface area contributed by atoms with Crippen LogP contribution in [0.2, 0.25) is 0 Å². The molecule has 7 nitrogen and oxygen atoms in total. The summed E-state index contributed by atoms with van der Waals surface area (Å²) in [5.74, 6) is -1.03. The fourth-order valence-electron chi connectivity index (χ4n) is 2.01. The number of hydrogen-bond acceptors (Lipinski definition) is 4. The first-order chi connectivity index (χ1) is 8.39. The highest BCUT2D eigenvalue weighted by atomic mass is 32.2. The van der Waals surface area contributed by atoms with E-state index in [0.29, 0.717) is 13.0 Å². The second-order valence-electron chi connectivity index (χ2n) is 4.42. The molecule has 1 saturated heterocycles. The molecular formula is C10H20N2O5S. The van der Waals surface area contributed by atoms with Crippen LogP contribution in [-0.2, 0) is 15.0 Å². The van der Waals surface area contributed by atoms with Gasteiger partial charge in [0.1, 0.15) is 0 Å². The van der Waals surface area contributed by atoms with E-state index in [-0.39, 0.29) is 19.6 Å². The van der Waals surface area contributed by atoms with Crippen LogP contribution in [0.1, 0.15) is 25.7 Å². The number of aliphatic carboxylic acids is 1. The van der Waals surface area contributed by atoms with E-state index in [1.165, 1.54) is 11.4 Å². The van der Waals surface area contributed by atoms with Gasteiger partial charge in [-0.2, -0.15) is 17.0 Å². The summed E-state index contributed by atoms with van der Waals surface area (Å²) in [6.45, 7) is 0.114. The Kier molecular flexibility index (Phi) is 5.51. The van der Waals surface area contributed by atoms with Crippen LogP contribution >= 0.6 is 0 Å². The molecule has 0 bridgehead atoms. The Morgan fingerprint density at radius 2 is 2.11 bits per heavy atom. The molecule has 1 heterocycles. The van der Waals surface area contributed by atoms with Crippen LogP contribution in [0.3, 0.4) is 0 Å². The van der Waals surface area contributed by atoms with Gasteiger partial charge in [-0.1, -0.05) is 6.42 Å². The maximum atomic E-state index is 12.2. The zero-order valence-electron chi connectivity index (χ0n) is 10.4. The summed E-state index contributed by atoms with van der Waals surface area (Å²) in [5, 5.41) is 17.8. The Hall–Kier alpha value is -0.700. The number of hydrogen-bond donors (Lipinski definition) is 2. The molecule has 1 rings (SSSR count). The van der Waals surface area contributed by atoms with Crippen molar-refractivity contribution in [2.75, 3.05) is 26.7 Å². The minimum atomic E-state index is -3.68. The van der Waals surface area contributed by atoms with Gasteiger partial charge in [0.2, 0.25) is 0 Å². The Morgan fingerprint density at radius 1 is 1.44 bits per heavy atom. The number of rotatable bonds is 6. The molecule has 8 heteroatoms. The summed E-state index contributed by atoms with van der Waals surface area (Å²) in [6, 6.07) is -0.393. The third-order valence-corrected chi connectivity index (χ3v) is 5.16. The standard InChI is InChI=1S/C10H20N2O5S/c1-11(7-5-10(14)15)18(16,17)12-6-3-2-4-9(12)8-13/h9,13H,2-8H2,1H3,(H,14,15). The van der Waals surface area contributed by atoms with E-state index < -0.39 is 22.2 Å². The molecule has 0 aliphatic carbocycles. The third-order valence-electron chi connectivity index (χ3n) is 3.11. The van der Waals surface area contributed by atoms with Crippen LogP contribution in [0.25, 0.3) is 0 Å². The fourth-order valence-corrected chi connectivity index (χ4v) is 3.60. The average Bonchev–Trinajstić information content (AvgIpc) is 2.35. The van der Waals surface area contributed by atoms with E-state index in [4.69, 9.17) is 5.11 Å². The van der Waals surface area contributed by atoms with Crippen molar-refractivity contribution in [2.24, 2.45) is 0 Å². The first kappa shape index (κ1) is 15.4. The van der Waals surface area contributed by atoms with Crippen LogP contribution < -0.4 is 0 Å². The van der Waals surface area contributed by atoms with Gasteiger partial charge in [-0.05, 0) is 12.8 Å². The minimum absolute atomic E-state index is 0.0632. The first-order valence-electron chi connectivity index (χ1n) is 5.95. The van der Waals surface area contributed by atoms with Crippen molar-refractivity contribution in [3.63, 3.8) is 0 Å². The molecular weight excluding hydrogens is 260 g/mol. The molecule has 1 atom stereocenters. The normalized spacial score (nSPS) is 22.3. The predicted octanol–water partition coefficient (Wildman–Crippen LogP) is -0.515. The number of aliphatic hydroxyl groups is 1. The lowest BCUT2D eigenvalue weighted by Crippen LogP contribution is -2.51. The number of aliphatic hydroxyl groups excluding tert-OH is 1. The molecule has 0 aromatic carbocycles. The molecule has 1 aliphatic heterocycles. The molecule has 0 amide bonds. The monoisotopic (exact) mass is 280 g/mol. The molecule has 0 spiro atoms. The average molecular weight is 280 g/mol. The molecule has 1 unspecified atom stereocenters. The van der Waals surface area contributed by atoms with Gasteiger partial charge in [-0.25, -0.2) is 0 Å². The van der Waals surface area contributed by atoms with Crippen molar-refractivity contribution in [2.45, 2.75) is 31.7 Å². The van der Waals surface area contributed by atoms with Crippen molar-refractivity contribution in [3.8, 4) is 0 Å². The van der Waals surface area contributed by atoms with E-state index in [0.717, 1.165) is 17.1 Å². The summed E-state index contributed by atoms with van der Waals surface area (Å²) in [7, 11) is -2.31. The topological polar surface area (TPSA) is 98.2 Å². The van der Waals surface area contributed by atoms with Crippen LogP contribution in [0, 0.1) is 0 Å². The van der Waals surface area contributed by atoms with E-state index in [9.17, 15) is 18.3 Å². The number of carboxylic acids is 1. The molecule has 1 aliphatic rings. The predicted molar refractivity (Wildman–Crippen MR) is 65.2 cm³/mol. The smallest absolute Gasteiger partial charge is 0.304 e. The van der Waals surface area contributed by atoms with Crippen molar-refractivity contribution in [3.05, 3.63) is 0 Å². The van der Waals surface area contributed by atoms with Gasteiger partial charge in [-0.3, -0.25) is 4.79 Å². The molecule has 0 aromatic rings. The Labute approximate surface area is 107 Å². The van der Waals surface area contributed by atoms with Gasteiger partial charge in [0.15, 0.2) is 0 Å². The minimum Gasteiger partial charge on any atom is -0.481 e. The van der Waals surface area contributed by atoms with Crippen molar-refractivity contribution < 1.29 is 23.4 Å². The number of carboxylic acid groups (broad SMARTS) is 1. The second-order valence-corrected chi connectivity index (χ2v) is 6.40. The van der Waals surface area contributed by atoms with Gasteiger partial charge >= 0.3 is 5.97 Å². The van der Waals surface area contributed by atoms with E-state index >= 15 is 0 Å². The maximum absolute atomic E-state index is 12.2. The van der Waals surface area contributed by atoms with Gasteiger partial charge < -0.3 is 10.2 Å². The number of carbonyl (C=O) groups is 1. The number of nitrogens with zero attached hydrogens (tertiary/aromatic N) is 2. The molecule has 0 radical (unpaired) electrons. The second kappa shape index (κ2) is 6.46. The van der Waals surface area contributed by atoms with Crippen LogP contribution in [0.15, 0.2) is 0 Å². The quantitative estimate of drug-likeness (QED) is 0.682. The largest absolute Gasteiger partial charge is 0.481 e. The Bertz CT molecular complexity index is 384. The zero-order chi connectivity index (χ0) is 13.8. The van der Waals surface area contributed by atoms with Crippen molar-refractivity contribution in [1.82, 2.24) is 8.61 Å². The van der Waals surface area contributed by atoms with Crippen molar-refractivity contribution >= 4 is 16.2 Å². The maximum Gasteiger partial charge on any atom is 0.304 e. The summed E-state index contributed by atoms with van der Waals surface area (Å²) in [4.78, 5) is 10.5. The van der Waals surface area contributed by atoms with E-state index in [2.05, 4.69) is 0 Å². The molecule has 0 saturated carbocycles. The molecule has 18 heavy (non-hydrogen) atoms. The highest BCUT2D eigenvalue weighted by molar-refractivity contribution is 7.86. The zero-order valence-corrected chi connectivity index (χ0v) is 11.3. The van der Waals surface area contributed by atoms with Gasteiger partial charge in [-0.15, -0.1) is 0 Å². The first-order valence-corrected chi connectivity index (χ1v) is 7.35. The molecule has 1 fully saturated rings. The summed E-state index contributed by atoms with van der Waals surface area (Å²) in [5.41, 5.74) is 0. The molecule has 0 aromatic heterocycles. The van der Waals surface area contributed by atoms with E-state index in [1.54, 1.807) is 0 Å². The Balaban J connectivity index is 2.73. The lowest BCUT2D eigenvalue weighted by Gasteiger charge is -2.35.